The van der Waals surface area contributed by atoms with E-state index in [0.29, 0.717) is 24.0 Å². The van der Waals surface area contributed by atoms with E-state index < -0.39 is 0 Å². The molecule has 29 heavy (non-hydrogen) atoms. The summed E-state index contributed by atoms with van der Waals surface area (Å²) < 4.78 is 0.849. The van der Waals surface area contributed by atoms with Crippen LogP contribution in [0.1, 0.15) is 83.1 Å². The summed E-state index contributed by atoms with van der Waals surface area (Å²) in [5, 5.41) is 0. The monoisotopic (exact) mass is 397 g/mol. The normalized spacial score (nSPS) is 25.3. The number of amides is 1. The van der Waals surface area contributed by atoms with E-state index in [1.807, 2.05) is 6.92 Å². The molecule has 0 unspecified atom stereocenters. The summed E-state index contributed by atoms with van der Waals surface area (Å²) in [6.45, 7) is 5.37. The summed E-state index contributed by atoms with van der Waals surface area (Å²) >= 11 is 0. The van der Waals surface area contributed by atoms with Gasteiger partial charge in [0.25, 0.3) is 0 Å². The van der Waals surface area contributed by atoms with Gasteiger partial charge in [0.2, 0.25) is 0 Å². The van der Waals surface area contributed by atoms with Crippen molar-refractivity contribution in [3.8, 4) is 0 Å². The summed E-state index contributed by atoms with van der Waals surface area (Å²) in [5.74, 6) is 0.485. The molecular formula is C26H41N2O+. The second kappa shape index (κ2) is 9.75. The van der Waals surface area contributed by atoms with Gasteiger partial charge in [-0.15, -0.1) is 0 Å². The zero-order valence-corrected chi connectivity index (χ0v) is 18.5. The van der Waals surface area contributed by atoms with Crippen LogP contribution in [0, 0.1) is 0 Å². The van der Waals surface area contributed by atoms with Crippen LogP contribution in [0.15, 0.2) is 30.3 Å². The molecule has 0 spiro atoms. The van der Waals surface area contributed by atoms with E-state index in [0.717, 1.165) is 24.0 Å². The number of nitrogens with zero attached hydrogens (tertiary/aromatic N) is 2. The van der Waals surface area contributed by atoms with Gasteiger partial charge in [-0.1, -0.05) is 43.2 Å². The van der Waals surface area contributed by atoms with Gasteiger partial charge in [-0.3, -0.25) is 9.38 Å². The maximum atomic E-state index is 13.5. The van der Waals surface area contributed by atoms with Crippen LogP contribution in [0.5, 0.6) is 0 Å². The minimum atomic E-state index is 0.485. The molecule has 160 valence electrons. The molecule has 2 aliphatic carbocycles. The van der Waals surface area contributed by atoms with E-state index in [1.54, 1.807) is 0 Å². The molecule has 3 aliphatic rings. The summed E-state index contributed by atoms with van der Waals surface area (Å²) in [4.78, 5) is 16.1. The van der Waals surface area contributed by atoms with Gasteiger partial charge < -0.3 is 0 Å². The molecule has 1 amide bonds. The van der Waals surface area contributed by atoms with Crippen LogP contribution in [0.3, 0.4) is 0 Å². The van der Waals surface area contributed by atoms with Gasteiger partial charge >= 0.3 is 5.91 Å². The molecule has 3 fully saturated rings. The Morgan fingerprint density at radius 1 is 0.862 bits per heavy atom. The van der Waals surface area contributed by atoms with Crippen molar-refractivity contribution in [3.05, 3.63) is 35.9 Å². The van der Waals surface area contributed by atoms with Crippen molar-refractivity contribution in [2.75, 3.05) is 19.6 Å². The van der Waals surface area contributed by atoms with Crippen molar-refractivity contribution in [2.45, 2.75) is 102 Å². The molecular weight excluding hydrogens is 356 g/mol. The number of benzene rings is 1. The Morgan fingerprint density at radius 3 is 2.00 bits per heavy atom. The van der Waals surface area contributed by atoms with Crippen molar-refractivity contribution in [1.29, 1.82) is 0 Å². The van der Waals surface area contributed by atoms with Crippen molar-refractivity contribution in [3.63, 3.8) is 0 Å². The molecule has 1 heterocycles. The van der Waals surface area contributed by atoms with Crippen LogP contribution in [-0.2, 0) is 11.2 Å². The topological polar surface area (TPSA) is 20.3 Å². The second-order valence-electron chi connectivity index (χ2n) is 9.92. The van der Waals surface area contributed by atoms with Gasteiger partial charge in [0, 0.05) is 19.5 Å². The Hall–Kier alpha value is -1.19. The van der Waals surface area contributed by atoms with E-state index in [9.17, 15) is 4.79 Å². The smallest absolute Gasteiger partial charge is 0.297 e. The molecule has 2 saturated carbocycles. The van der Waals surface area contributed by atoms with E-state index in [-0.39, 0.29) is 0 Å². The molecule has 4 rings (SSSR count). The Labute approximate surface area is 178 Å². The highest BCUT2D eigenvalue weighted by atomic mass is 16.2. The van der Waals surface area contributed by atoms with Gasteiger partial charge in [-0.2, -0.15) is 0 Å². The van der Waals surface area contributed by atoms with E-state index >= 15 is 0 Å². The first-order valence-electron chi connectivity index (χ1n) is 12.4. The molecule has 1 aromatic carbocycles. The van der Waals surface area contributed by atoms with Gasteiger partial charge in [0.05, 0.1) is 25.6 Å². The first kappa shape index (κ1) is 21.1. The number of likely N-dealkylation sites (tertiary alicyclic amines) is 1. The molecule has 0 radical (unpaired) electrons. The lowest BCUT2D eigenvalue weighted by Gasteiger charge is -2.53. The Balaban J connectivity index is 1.51. The Kier molecular flexibility index (Phi) is 7.08. The van der Waals surface area contributed by atoms with Crippen molar-refractivity contribution in [2.24, 2.45) is 0 Å². The molecule has 1 aliphatic heterocycles. The van der Waals surface area contributed by atoms with Crippen molar-refractivity contribution in [1.82, 2.24) is 4.90 Å². The predicted molar refractivity (Wildman–Crippen MR) is 120 cm³/mol. The predicted octanol–water partition coefficient (Wildman–Crippen LogP) is 5.33. The first-order valence-corrected chi connectivity index (χ1v) is 12.4. The average molecular weight is 398 g/mol. The largest absolute Gasteiger partial charge is 0.311 e. The minimum absolute atomic E-state index is 0.485. The van der Waals surface area contributed by atoms with Crippen LogP contribution in [0.2, 0.25) is 0 Å². The molecule has 1 aromatic rings. The van der Waals surface area contributed by atoms with Crippen LogP contribution in [-0.4, -0.2) is 53.0 Å². The van der Waals surface area contributed by atoms with E-state index in [1.165, 1.54) is 82.7 Å². The summed E-state index contributed by atoms with van der Waals surface area (Å²) in [6.07, 6.45) is 15.5. The van der Waals surface area contributed by atoms with Crippen molar-refractivity contribution >= 4 is 5.91 Å². The quantitative estimate of drug-likeness (QED) is 0.605. The number of carbonyl (C=O) groups is 1. The number of carbonyl (C=O) groups excluding carboxylic acids is 1. The van der Waals surface area contributed by atoms with Crippen LogP contribution in [0.4, 0.5) is 0 Å². The molecule has 1 atom stereocenters. The lowest BCUT2D eigenvalue weighted by molar-refractivity contribution is -0.927. The van der Waals surface area contributed by atoms with Gasteiger partial charge in [0.1, 0.15) is 6.04 Å². The Bertz CT molecular complexity index is 628. The Morgan fingerprint density at radius 2 is 1.45 bits per heavy atom. The summed E-state index contributed by atoms with van der Waals surface area (Å²) in [5.41, 5.74) is 1.43. The highest BCUT2D eigenvalue weighted by molar-refractivity contribution is 5.66. The highest BCUT2D eigenvalue weighted by Gasteiger charge is 2.54. The fourth-order valence-corrected chi connectivity index (χ4v) is 6.98. The number of rotatable bonds is 6. The van der Waals surface area contributed by atoms with Gasteiger partial charge in [-0.25, -0.2) is 4.79 Å². The van der Waals surface area contributed by atoms with E-state index in [2.05, 4.69) is 35.2 Å². The standard InChI is InChI=1S/C26H41N2O/c1-22(29)28(24-13-7-3-8-14-24,25-15-9-4-10-16-25)26-18-20-27(21-26)19-17-23-11-5-2-6-12-23/h2,5-6,11-12,24-26H,3-4,7-10,13-21H2,1H3/q+1/t26-/m0/s1. The minimum Gasteiger partial charge on any atom is -0.297 e. The number of hydrogen-bond donors (Lipinski definition) is 0. The maximum Gasteiger partial charge on any atom is 0.311 e. The van der Waals surface area contributed by atoms with Crippen LogP contribution < -0.4 is 0 Å². The van der Waals surface area contributed by atoms with Crippen molar-refractivity contribution < 1.29 is 9.28 Å². The lowest BCUT2D eigenvalue weighted by Crippen LogP contribution is -2.70. The molecule has 0 bridgehead atoms. The molecule has 3 heteroatoms. The fourth-order valence-electron chi connectivity index (χ4n) is 6.98. The number of hydrogen-bond acceptors (Lipinski definition) is 2. The third-order valence-electron chi connectivity index (χ3n) is 8.31. The van der Waals surface area contributed by atoms with E-state index in [4.69, 9.17) is 0 Å². The molecule has 1 saturated heterocycles. The fraction of sp³-hybridized carbons (Fsp3) is 0.731. The highest BCUT2D eigenvalue weighted by Crippen LogP contribution is 2.41. The maximum absolute atomic E-state index is 13.5. The lowest BCUT2D eigenvalue weighted by atomic mass is 9.83. The molecule has 0 N–H and O–H groups in total. The molecule has 3 nitrogen and oxygen atoms in total. The SMILES string of the molecule is CC(=O)[N+](C1CCCCC1)(C1CCCCC1)[C@H]1CCN(CCc2ccccc2)C1. The van der Waals surface area contributed by atoms with Crippen LogP contribution in [0.25, 0.3) is 0 Å². The first-order chi connectivity index (χ1) is 14.2. The summed E-state index contributed by atoms with van der Waals surface area (Å²) in [7, 11) is 0. The third-order valence-corrected chi connectivity index (χ3v) is 8.31. The number of quaternary nitrogens is 1. The summed E-state index contributed by atoms with van der Waals surface area (Å²) in [6, 6.07) is 12.6. The van der Waals surface area contributed by atoms with Gasteiger partial charge in [0.15, 0.2) is 0 Å². The second-order valence-corrected chi connectivity index (χ2v) is 9.92. The van der Waals surface area contributed by atoms with Crippen LogP contribution >= 0.6 is 0 Å². The zero-order chi connectivity index (χ0) is 20.1. The molecule has 0 aromatic heterocycles. The average Bonchev–Trinajstić information content (AvgIpc) is 3.24. The van der Waals surface area contributed by atoms with Gasteiger partial charge in [-0.05, 0) is 63.4 Å². The third kappa shape index (κ3) is 4.46. The zero-order valence-electron chi connectivity index (χ0n) is 18.5.